The molecule has 1 aromatic rings. The third-order valence-electron chi connectivity index (χ3n) is 4.85. The summed E-state index contributed by atoms with van der Waals surface area (Å²) in [6.07, 6.45) is 1.98. The number of hydrogen-bond acceptors (Lipinski definition) is 5. The van der Waals surface area contributed by atoms with E-state index in [0.29, 0.717) is 31.9 Å². The molecule has 0 radical (unpaired) electrons. The average molecular weight is 363 g/mol. The molecule has 26 heavy (non-hydrogen) atoms. The summed E-state index contributed by atoms with van der Waals surface area (Å²) in [5, 5.41) is 0. The van der Waals surface area contributed by atoms with Crippen molar-refractivity contribution in [3.63, 3.8) is 0 Å². The summed E-state index contributed by atoms with van der Waals surface area (Å²) in [4.78, 5) is 26.5. The fourth-order valence-electron chi connectivity index (χ4n) is 3.38. The van der Waals surface area contributed by atoms with E-state index < -0.39 is 0 Å². The van der Waals surface area contributed by atoms with Crippen molar-refractivity contribution in [1.29, 1.82) is 0 Å². The van der Waals surface area contributed by atoms with Gasteiger partial charge in [-0.25, -0.2) is 0 Å². The number of amides is 1. The van der Waals surface area contributed by atoms with Crippen LogP contribution in [0.1, 0.15) is 44.6 Å². The van der Waals surface area contributed by atoms with Crippen molar-refractivity contribution in [3.05, 3.63) is 23.8 Å². The van der Waals surface area contributed by atoms with E-state index in [1.807, 2.05) is 25.1 Å². The summed E-state index contributed by atoms with van der Waals surface area (Å²) < 4.78 is 15.8. The van der Waals surface area contributed by atoms with Gasteiger partial charge in [-0.2, -0.15) is 0 Å². The van der Waals surface area contributed by atoms with Crippen LogP contribution in [-0.4, -0.2) is 50.7 Å². The normalized spacial score (nSPS) is 18.2. The van der Waals surface area contributed by atoms with Crippen LogP contribution in [0.4, 0.5) is 0 Å². The molecule has 1 amide bonds. The Labute approximate surface area is 155 Å². The van der Waals surface area contributed by atoms with Crippen LogP contribution >= 0.6 is 0 Å². The predicted molar refractivity (Wildman–Crippen MR) is 98.5 cm³/mol. The maximum atomic E-state index is 12.7. The van der Waals surface area contributed by atoms with Gasteiger partial charge < -0.3 is 19.1 Å². The molecule has 1 aromatic carbocycles. The van der Waals surface area contributed by atoms with Gasteiger partial charge in [0.25, 0.3) is 0 Å². The van der Waals surface area contributed by atoms with Gasteiger partial charge in [-0.3, -0.25) is 9.59 Å². The second-order valence-corrected chi connectivity index (χ2v) is 6.64. The summed E-state index contributed by atoms with van der Waals surface area (Å²) in [6.45, 7) is 5.32. The van der Waals surface area contributed by atoms with Gasteiger partial charge in [0.15, 0.2) is 0 Å². The SMILES string of the molecule is CCOC(=O)C1CCCN(C(=O)CC(C)c2ccc(OC)cc2OC)C1. The molecule has 144 valence electrons. The second kappa shape index (κ2) is 9.46. The Bertz CT molecular complexity index is 631. The van der Waals surface area contributed by atoms with Gasteiger partial charge in [0, 0.05) is 25.6 Å². The lowest BCUT2D eigenvalue weighted by molar-refractivity contribution is -0.151. The number of esters is 1. The maximum Gasteiger partial charge on any atom is 0.310 e. The van der Waals surface area contributed by atoms with Crippen molar-refractivity contribution in [1.82, 2.24) is 4.90 Å². The standard InChI is InChI=1S/C20H29NO5/c1-5-26-20(23)15-7-6-10-21(13-15)19(22)11-14(2)17-9-8-16(24-3)12-18(17)25-4/h8-9,12,14-15H,5-7,10-11,13H2,1-4H3. The number of piperidine rings is 1. The lowest BCUT2D eigenvalue weighted by Gasteiger charge is -2.32. The molecule has 6 heteroatoms. The molecule has 2 atom stereocenters. The Kier molecular flexibility index (Phi) is 7.30. The summed E-state index contributed by atoms with van der Waals surface area (Å²) in [5.41, 5.74) is 0.973. The van der Waals surface area contributed by atoms with Crippen LogP contribution in [0, 0.1) is 5.92 Å². The summed E-state index contributed by atoms with van der Waals surface area (Å²) in [5.74, 6) is 1.09. The maximum absolute atomic E-state index is 12.7. The number of ether oxygens (including phenoxy) is 3. The molecule has 0 saturated carbocycles. The molecule has 2 unspecified atom stereocenters. The van der Waals surface area contributed by atoms with Crippen LogP contribution in [0.3, 0.4) is 0 Å². The Hall–Kier alpha value is -2.24. The van der Waals surface area contributed by atoms with Crippen LogP contribution in [-0.2, 0) is 14.3 Å². The molecule has 1 fully saturated rings. The van der Waals surface area contributed by atoms with Crippen LogP contribution in [0.25, 0.3) is 0 Å². The zero-order chi connectivity index (χ0) is 19.1. The minimum absolute atomic E-state index is 0.00586. The minimum Gasteiger partial charge on any atom is -0.497 e. The van der Waals surface area contributed by atoms with Crippen LogP contribution < -0.4 is 9.47 Å². The highest BCUT2D eigenvalue weighted by Gasteiger charge is 2.30. The molecular weight excluding hydrogens is 334 g/mol. The van der Waals surface area contributed by atoms with E-state index >= 15 is 0 Å². The minimum atomic E-state index is -0.210. The first-order valence-corrected chi connectivity index (χ1v) is 9.16. The highest BCUT2D eigenvalue weighted by molar-refractivity contribution is 5.79. The largest absolute Gasteiger partial charge is 0.497 e. The third kappa shape index (κ3) is 4.90. The molecule has 1 aliphatic heterocycles. The van der Waals surface area contributed by atoms with Crippen molar-refractivity contribution in [2.45, 2.75) is 39.0 Å². The molecule has 2 rings (SSSR count). The van der Waals surface area contributed by atoms with E-state index in [2.05, 4.69) is 0 Å². The fourth-order valence-corrected chi connectivity index (χ4v) is 3.38. The van der Waals surface area contributed by atoms with Crippen molar-refractivity contribution >= 4 is 11.9 Å². The van der Waals surface area contributed by atoms with Gasteiger partial charge in [-0.1, -0.05) is 13.0 Å². The number of hydrogen-bond donors (Lipinski definition) is 0. The van der Waals surface area contributed by atoms with Gasteiger partial charge in [0.05, 0.1) is 26.7 Å². The first kappa shape index (κ1) is 20.1. The summed E-state index contributed by atoms with van der Waals surface area (Å²) in [7, 11) is 3.22. The molecule has 0 aromatic heterocycles. The average Bonchev–Trinajstić information content (AvgIpc) is 2.67. The topological polar surface area (TPSA) is 65.1 Å². The number of rotatable bonds is 7. The van der Waals surface area contributed by atoms with Gasteiger partial charge in [-0.05, 0) is 37.3 Å². The van der Waals surface area contributed by atoms with Crippen molar-refractivity contribution < 1.29 is 23.8 Å². The first-order chi connectivity index (χ1) is 12.5. The van der Waals surface area contributed by atoms with Crippen molar-refractivity contribution in [3.8, 4) is 11.5 Å². The molecule has 1 aliphatic rings. The summed E-state index contributed by atoms with van der Waals surface area (Å²) >= 11 is 0. The van der Waals surface area contributed by atoms with Crippen LogP contribution in [0.15, 0.2) is 18.2 Å². The number of carbonyl (C=O) groups excluding carboxylic acids is 2. The fraction of sp³-hybridized carbons (Fsp3) is 0.600. The summed E-state index contributed by atoms with van der Waals surface area (Å²) in [6, 6.07) is 5.64. The Morgan fingerprint density at radius 1 is 1.27 bits per heavy atom. The molecular formula is C20H29NO5. The number of methoxy groups -OCH3 is 2. The molecule has 0 N–H and O–H groups in total. The molecule has 6 nitrogen and oxygen atoms in total. The lowest BCUT2D eigenvalue weighted by Crippen LogP contribution is -2.43. The highest BCUT2D eigenvalue weighted by atomic mass is 16.5. The monoisotopic (exact) mass is 363 g/mol. The van der Waals surface area contributed by atoms with E-state index in [0.717, 1.165) is 24.2 Å². The van der Waals surface area contributed by atoms with E-state index in [-0.39, 0.29) is 23.7 Å². The quantitative estimate of drug-likeness (QED) is 0.697. The highest BCUT2D eigenvalue weighted by Crippen LogP contribution is 2.33. The molecule has 1 saturated heterocycles. The number of nitrogens with zero attached hydrogens (tertiary/aromatic N) is 1. The number of carbonyl (C=O) groups is 2. The Morgan fingerprint density at radius 2 is 2.04 bits per heavy atom. The Balaban J connectivity index is 2.01. The lowest BCUT2D eigenvalue weighted by atomic mass is 9.94. The van der Waals surface area contributed by atoms with E-state index in [1.54, 1.807) is 26.0 Å². The van der Waals surface area contributed by atoms with Gasteiger partial charge >= 0.3 is 5.97 Å². The molecule has 0 bridgehead atoms. The zero-order valence-electron chi connectivity index (χ0n) is 16.1. The first-order valence-electron chi connectivity index (χ1n) is 9.16. The number of benzene rings is 1. The number of likely N-dealkylation sites (tertiary alicyclic amines) is 1. The zero-order valence-corrected chi connectivity index (χ0v) is 16.1. The van der Waals surface area contributed by atoms with Gasteiger partial charge in [-0.15, -0.1) is 0 Å². The second-order valence-electron chi connectivity index (χ2n) is 6.64. The smallest absolute Gasteiger partial charge is 0.310 e. The molecule has 0 spiro atoms. The van der Waals surface area contributed by atoms with Gasteiger partial charge in [0.2, 0.25) is 5.91 Å². The Morgan fingerprint density at radius 3 is 2.69 bits per heavy atom. The van der Waals surface area contributed by atoms with Crippen LogP contribution in [0.2, 0.25) is 0 Å². The third-order valence-corrected chi connectivity index (χ3v) is 4.85. The van der Waals surface area contributed by atoms with E-state index in [4.69, 9.17) is 14.2 Å². The van der Waals surface area contributed by atoms with Crippen LogP contribution in [0.5, 0.6) is 11.5 Å². The molecule has 1 heterocycles. The van der Waals surface area contributed by atoms with Gasteiger partial charge in [0.1, 0.15) is 11.5 Å². The molecule has 0 aliphatic carbocycles. The van der Waals surface area contributed by atoms with E-state index in [9.17, 15) is 9.59 Å². The van der Waals surface area contributed by atoms with Crippen molar-refractivity contribution in [2.24, 2.45) is 5.92 Å². The predicted octanol–water partition coefficient (Wildman–Crippen LogP) is 3.00. The van der Waals surface area contributed by atoms with E-state index in [1.165, 1.54) is 0 Å². The van der Waals surface area contributed by atoms with Crippen molar-refractivity contribution in [2.75, 3.05) is 33.9 Å².